The first kappa shape index (κ1) is 17.8. The van der Waals surface area contributed by atoms with E-state index in [2.05, 4.69) is 88.7 Å². The number of para-hydroxylation sites is 1. The number of nitrogens with zero attached hydrogens (tertiary/aromatic N) is 2. The van der Waals surface area contributed by atoms with Crippen molar-refractivity contribution in [3.8, 4) is 22.6 Å². The van der Waals surface area contributed by atoms with E-state index in [1.54, 1.807) is 11.3 Å². The van der Waals surface area contributed by atoms with E-state index in [9.17, 15) is 0 Å². The smallest absolute Gasteiger partial charge is 0.161 e. The van der Waals surface area contributed by atoms with Gasteiger partial charge >= 0.3 is 0 Å². The second-order valence-electron chi connectivity index (χ2n) is 7.20. The first-order valence-corrected chi connectivity index (χ1v) is 11.3. The van der Waals surface area contributed by atoms with Crippen molar-refractivity contribution in [1.82, 2.24) is 9.97 Å². The monoisotopic (exact) mass is 466 g/mol. The van der Waals surface area contributed by atoms with Crippen molar-refractivity contribution in [1.29, 1.82) is 0 Å². The summed E-state index contributed by atoms with van der Waals surface area (Å²) in [6.07, 6.45) is 0. The number of aromatic nitrogens is 2. The molecule has 2 nitrogen and oxygen atoms in total. The van der Waals surface area contributed by atoms with Crippen molar-refractivity contribution >= 4 is 58.3 Å². The maximum absolute atomic E-state index is 5.07. The second-order valence-corrected chi connectivity index (χ2v) is 9.17. The Bertz CT molecular complexity index is 1550. The molecule has 4 heteroatoms. The Morgan fingerprint density at radius 1 is 0.667 bits per heavy atom. The molecule has 0 atom stereocenters. The van der Waals surface area contributed by atoms with Crippen LogP contribution in [0.3, 0.4) is 0 Å². The van der Waals surface area contributed by atoms with Crippen LogP contribution in [0.5, 0.6) is 0 Å². The standard InChI is InChI=1S/C26H15BrN2S/c27-17-13-14-23-21(15-17)18-10-6-11-20(25(18)30-23)26-28-22-12-5-4-9-19(22)24(29-26)16-7-2-1-3-8-16/h1-15H. The summed E-state index contributed by atoms with van der Waals surface area (Å²) in [7, 11) is 0. The molecule has 6 aromatic rings. The van der Waals surface area contributed by atoms with Crippen LogP contribution in [0.15, 0.2) is 95.5 Å². The molecule has 6 rings (SSSR count). The summed E-state index contributed by atoms with van der Waals surface area (Å²) < 4.78 is 3.58. The van der Waals surface area contributed by atoms with Crippen LogP contribution >= 0.6 is 27.3 Å². The fourth-order valence-electron chi connectivity index (χ4n) is 3.96. The van der Waals surface area contributed by atoms with Crippen molar-refractivity contribution in [3.05, 3.63) is 95.5 Å². The molecule has 2 aromatic heterocycles. The molecular weight excluding hydrogens is 452 g/mol. The van der Waals surface area contributed by atoms with Crippen LogP contribution in [0.25, 0.3) is 53.7 Å². The zero-order chi connectivity index (χ0) is 20.1. The predicted octanol–water partition coefficient (Wildman–Crippen LogP) is 8.09. The summed E-state index contributed by atoms with van der Waals surface area (Å²) in [5.74, 6) is 0.767. The highest BCUT2D eigenvalue weighted by molar-refractivity contribution is 9.10. The molecular formula is C26H15BrN2S. The summed E-state index contributed by atoms with van der Waals surface area (Å²) in [5, 5.41) is 3.57. The summed E-state index contributed by atoms with van der Waals surface area (Å²) in [6, 6.07) is 31.5. The van der Waals surface area contributed by atoms with Gasteiger partial charge in [0.25, 0.3) is 0 Å². The SMILES string of the molecule is Brc1ccc2sc3c(-c4nc(-c5ccccc5)c5ccccc5n4)cccc3c2c1. The largest absolute Gasteiger partial charge is 0.228 e. The molecule has 0 aliphatic carbocycles. The molecule has 0 fully saturated rings. The Kier molecular flexibility index (Phi) is 4.15. The Morgan fingerprint density at radius 3 is 2.37 bits per heavy atom. The summed E-state index contributed by atoms with van der Waals surface area (Å²) in [5.41, 5.74) is 4.11. The first-order chi connectivity index (χ1) is 14.8. The summed E-state index contributed by atoms with van der Waals surface area (Å²) in [6.45, 7) is 0. The van der Waals surface area contributed by atoms with Crippen molar-refractivity contribution in [3.63, 3.8) is 0 Å². The quantitative estimate of drug-likeness (QED) is 0.257. The molecule has 0 saturated heterocycles. The van der Waals surface area contributed by atoms with E-state index in [4.69, 9.17) is 9.97 Å². The molecule has 0 amide bonds. The molecule has 0 saturated carbocycles. The van der Waals surface area contributed by atoms with E-state index in [-0.39, 0.29) is 0 Å². The van der Waals surface area contributed by atoms with E-state index in [1.165, 1.54) is 20.2 Å². The van der Waals surface area contributed by atoms with Gasteiger partial charge in [0.2, 0.25) is 0 Å². The highest BCUT2D eigenvalue weighted by Gasteiger charge is 2.15. The molecule has 30 heavy (non-hydrogen) atoms. The highest BCUT2D eigenvalue weighted by atomic mass is 79.9. The normalized spacial score (nSPS) is 11.5. The third-order valence-electron chi connectivity index (χ3n) is 5.35. The number of benzene rings is 4. The van der Waals surface area contributed by atoms with Crippen molar-refractivity contribution in [2.45, 2.75) is 0 Å². The van der Waals surface area contributed by atoms with Gasteiger partial charge in [-0.2, -0.15) is 0 Å². The van der Waals surface area contributed by atoms with Crippen LogP contribution in [0, 0.1) is 0 Å². The van der Waals surface area contributed by atoms with Gasteiger partial charge in [-0.15, -0.1) is 11.3 Å². The van der Waals surface area contributed by atoms with E-state index in [0.29, 0.717) is 0 Å². The van der Waals surface area contributed by atoms with Crippen LogP contribution in [0.4, 0.5) is 0 Å². The minimum Gasteiger partial charge on any atom is -0.228 e. The number of hydrogen-bond donors (Lipinski definition) is 0. The third kappa shape index (κ3) is 2.83. The van der Waals surface area contributed by atoms with Gasteiger partial charge in [0, 0.05) is 41.2 Å². The van der Waals surface area contributed by atoms with Crippen molar-refractivity contribution in [2.24, 2.45) is 0 Å². The highest BCUT2D eigenvalue weighted by Crippen LogP contribution is 2.40. The summed E-state index contributed by atoms with van der Waals surface area (Å²) >= 11 is 5.41. The van der Waals surface area contributed by atoms with Crippen LogP contribution in [0.1, 0.15) is 0 Å². The molecule has 142 valence electrons. The minimum atomic E-state index is 0.767. The van der Waals surface area contributed by atoms with Gasteiger partial charge < -0.3 is 0 Å². The number of rotatable bonds is 2. The van der Waals surface area contributed by atoms with E-state index in [1.807, 2.05) is 18.2 Å². The van der Waals surface area contributed by atoms with Crippen LogP contribution in [-0.2, 0) is 0 Å². The lowest BCUT2D eigenvalue weighted by atomic mass is 10.0. The Labute approximate surface area is 186 Å². The predicted molar refractivity (Wildman–Crippen MR) is 131 cm³/mol. The van der Waals surface area contributed by atoms with E-state index < -0.39 is 0 Å². The molecule has 2 heterocycles. The average Bonchev–Trinajstić information content (AvgIpc) is 3.17. The average molecular weight is 467 g/mol. The van der Waals surface area contributed by atoms with Crippen LogP contribution in [-0.4, -0.2) is 9.97 Å². The number of fused-ring (bicyclic) bond motifs is 4. The molecule has 4 aromatic carbocycles. The molecule has 0 bridgehead atoms. The number of hydrogen-bond acceptors (Lipinski definition) is 3. The van der Waals surface area contributed by atoms with Crippen LogP contribution in [0.2, 0.25) is 0 Å². The van der Waals surface area contributed by atoms with Crippen LogP contribution < -0.4 is 0 Å². The Hall–Kier alpha value is -3.08. The number of halogens is 1. The minimum absolute atomic E-state index is 0.767. The van der Waals surface area contributed by atoms with Crippen molar-refractivity contribution in [2.75, 3.05) is 0 Å². The second kappa shape index (κ2) is 7.01. The Balaban J connectivity index is 1.68. The zero-order valence-corrected chi connectivity index (χ0v) is 18.2. The fraction of sp³-hybridized carbons (Fsp3) is 0. The molecule has 0 N–H and O–H groups in total. The third-order valence-corrected chi connectivity index (χ3v) is 7.06. The number of thiophene rings is 1. The van der Waals surface area contributed by atoms with Gasteiger partial charge in [0.05, 0.1) is 11.2 Å². The fourth-order valence-corrected chi connectivity index (χ4v) is 5.51. The van der Waals surface area contributed by atoms with E-state index >= 15 is 0 Å². The maximum Gasteiger partial charge on any atom is 0.161 e. The van der Waals surface area contributed by atoms with Crippen molar-refractivity contribution < 1.29 is 0 Å². The van der Waals surface area contributed by atoms with Gasteiger partial charge in [-0.25, -0.2) is 9.97 Å². The molecule has 0 spiro atoms. The molecule has 0 aliphatic heterocycles. The molecule has 0 unspecified atom stereocenters. The molecule has 0 aliphatic rings. The van der Waals surface area contributed by atoms with Gasteiger partial charge in [0.15, 0.2) is 5.82 Å². The Morgan fingerprint density at radius 2 is 1.47 bits per heavy atom. The lowest BCUT2D eigenvalue weighted by Crippen LogP contribution is -1.95. The zero-order valence-electron chi connectivity index (χ0n) is 15.8. The lowest BCUT2D eigenvalue weighted by molar-refractivity contribution is 1.24. The van der Waals surface area contributed by atoms with Gasteiger partial charge in [-0.05, 0) is 30.3 Å². The lowest BCUT2D eigenvalue weighted by Gasteiger charge is -2.10. The molecule has 0 radical (unpaired) electrons. The van der Waals surface area contributed by atoms with Gasteiger partial charge in [-0.1, -0.05) is 76.6 Å². The first-order valence-electron chi connectivity index (χ1n) is 9.71. The topological polar surface area (TPSA) is 25.8 Å². The summed E-state index contributed by atoms with van der Waals surface area (Å²) in [4.78, 5) is 10.0. The van der Waals surface area contributed by atoms with Gasteiger partial charge in [-0.3, -0.25) is 0 Å². The van der Waals surface area contributed by atoms with Gasteiger partial charge in [0.1, 0.15) is 0 Å². The maximum atomic E-state index is 5.07. The van der Waals surface area contributed by atoms with E-state index in [0.717, 1.165) is 38.0 Å².